The fourth-order valence-electron chi connectivity index (χ4n) is 1.09. The van der Waals surface area contributed by atoms with Crippen LogP contribution in [0, 0.1) is 0 Å². The van der Waals surface area contributed by atoms with Crippen molar-refractivity contribution in [3.05, 3.63) is 34.9 Å². The number of halogens is 1. The highest BCUT2D eigenvalue weighted by Crippen LogP contribution is 2.14. The third-order valence-electron chi connectivity index (χ3n) is 1.78. The zero-order chi connectivity index (χ0) is 10.4. The lowest BCUT2D eigenvalue weighted by molar-refractivity contribution is -0.120. The maximum Gasteiger partial charge on any atom is 0.224 e. The average Bonchev–Trinajstić information content (AvgIpc) is 2.18. The van der Waals surface area contributed by atoms with Crippen LogP contribution >= 0.6 is 11.6 Å². The standard InChI is InChI=1S/C10H13ClN2O/c11-9-4-2-1-3-8(9)7-10(14)13-6-5-12/h1-4H,5-7,12H2,(H,13,14). The summed E-state index contributed by atoms with van der Waals surface area (Å²) in [6, 6.07) is 7.30. The van der Waals surface area contributed by atoms with Crippen LogP contribution in [-0.4, -0.2) is 19.0 Å². The van der Waals surface area contributed by atoms with E-state index >= 15 is 0 Å². The van der Waals surface area contributed by atoms with E-state index in [2.05, 4.69) is 5.32 Å². The number of amides is 1. The number of hydrogen-bond donors (Lipinski definition) is 2. The van der Waals surface area contributed by atoms with Gasteiger partial charge in [0.15, 0.2) is 0 Å². The lowest BCUT2D eigenvalue weighted by atomic mass is 10.1. The van der Waals surface area contributed by atoms with Crippen molar-refractivity contribution in [1.82, 2.24) is 5.32 Å². The number of nitrogens with one attached hydrogen (secondary N) is 1. The van der Waals surface area contributed by atoms with Gasteiger partial charge in [0, 0.05) is 18.1 Å². The highest BCUT2D eigenvalue weighted by molar-refractivity contribution is 6.31. The summed E-state index contributed by atoms with van der Waals surface area (Å²) in [4.78, 5) is 11.3. The van der Waals surface area contributed by atoms with Crippen LogP contribution in [0.2, 0.25) is 5.02 Å². The zero-order valence-corrected chi connectivity index (χ0v) is 8.55. The molecule has 0 atom stereocenters. The van der Waals surface area contributed by atoms with Gasteiger partial charge in [0.2, 0.25) is 5.91 Å². The number of nitrogens with two attached hydrogens (primary N) is 1. The highest BCUT2D eigenvalue weighted by atomic mass is 35.5. The molecule has 14 heavy (non-hydrogen) atoms. The second-order valence-corrected chi connectivity index (χ2v) is 3.31. The predicted molar refractivity (Wildman–Crippen MR) is 57.2 cm³/mol. The van der Waals surface area contributed by atoms with Crippen molar-refractivity contribution in [1.29, 1.82) is 0 Å². The summed E-state index contributed by atoms with van der Waals surface area (Å²) in [7, 11) is 0. The van der Waals surface area contributed by atoms with Crippen molar-refractivity contribution in [2.24, 2.45) is 5.73 Å². The first-order chi connectivity index (χ1) is 6.74. The minimum Gasteiger partial charge on any atom is -0.355 e. The summed E-state index contributed by atoms with van der Waals surface area (Å²) in [5.41, 5.74) is 6.10. The molecule has 0 aliphatic rings. The fraction of sp³-hybridized carbons (Fsp3) is 0.300. The molecule has 0 unspecified atom stereocenters. The van der Waals surface area contributed by atoms with Crippen LogP contribution in [0.15, 0.2) is 24.3 Å². The van der Waals surface area contributed by atoms with Crippen molar-refractivity contribution in [2.45, 2.75) is 6.42 Å². The molecule has 1 rings (SSSR count). The minimum absolute atomic E-state index is 0.0523. The van der Waals surface area contributed by atoms with Gasteiger partial charge in [-0.3, -0.25) is 4.79 Å². The molecule has 1 amide bonds. The van der Waals surface area contributed by atoms with Gasteiger partial charge in [-0.15, -0.1) is 0 Å². The Balaban J connectivity index is 2.52. The zero-order valence-electron chi connectivity index (χ0n) is 7.79. The molecular formula is C10H13ClN2O. The van der Waals surface area contributed by atoms with Gasteiger partial charge in [-0.05, 0) is 11.6 Å². The lowest BCUT2D eigenvalue weighted by Crippen LogP contribution is -2.30. The van der Waals surface area contributed by atoms with E-state index in [1.54, 1.807) is 6.07 Å². The van der Waals surface area contributed by atoms with Gasteiger partial charge in [-0.1, -0.05) is 29.8 Å². The molecule has 0 fully saturated rings. The van der Waals surface area contributed by atoms with Gasteiger partial charge in [0.1, 0.15) is 0 Å². The maximum atomic E-state index is 11.3. The molecule has 1 aromatic rings. The first-order valence-corrected chi connectivity index (χ1v) is 4.82. The summed E-state index contributed by atoms with van der Waals surface area (Å²) in [6.07, 6.45) is 0.305. The summed E-state index contributed by atoms with van der Waals surface area (Å²) in [5.74, 6) is -0.0523. The van der Waals surface area contributed by atoms with Crippen molar-refractivity contribution in [2.75, 3.05) is 13.1 Å². The third-order valence-corrected chi connectivity index (χ3v) is 2.14. The van der Waals surface area contributed by atoms with Gasteiger partial charge in [0.25, 0.3) is 0 Å². The Morgan fingerprint density at radius 2 is 2.14 bits per heavy atom. The molecule has 76 valence electrons. The van der Waals surface area contributed by atoms with Gasteiger partial charge in [-0.25, -0.2) is 0 Å². The van der Waals surface area contributed by atoms with Gasteiger partial charge >= 0.3 is 0 Å². The average molecular weight is 213 g/mol. The molecule has 0 bridgehead atoms. The Hall–Kier alpha value is -1.06. The molecule has 0 aliphatic carbocycles. The van der Waals surface area contributed by atoms with E-state index in [1.165, 1.54) is 0 Å². The second kappa shape index (κ2) is 5.62. The van der Waals surface area contributed by atoms with Crippen LogP contribution in [0.4, 0.5) is 0 Å². The van der Waals surface area contributed by atoms with Gasteiger partial charge < -0.3 is 11.1 Å². The summed E-state index contributed by atoms with van der Waals surface area (Å²) >= 11 is 5.90. The summed E-state index contributed by atoms with van der Waals surface area (Å²) < 4.78 is 0. The van der Waals surface area contributed by atoms with Crippen LogP contribution < -0.4 is 11.1 Å². The minimum atomic E-state index is -0.0523. The smallest absolute Gasteiger partial charge is 0.224 e. The first-order valence-electron chi connectivity index (χ1n) is 4.44. The normalized spacial score (nSPS) is 9.86. The van der Waals surface area contributed by atoms with Crippen LogP contribution in [0.25, 0.3) is 0 Å². The summed E-state index contributed by atoms with van der Waals surface area (Å²) in [5, 5.41) is 3.31. The van der Waals surface area contributed by atoms with Gasteiger partial charge in [-0.2, -0.15) is 0 Å². The molecule has 0 aliphatic heterocycles. The Labute approximate surface area is 88.2 Å². The van der Waals surface area contributed by atoms with E-state index < -0.39 is 0 Å². The van der Waals surface area contributed by atoms with Crippen LogP contribution in [0.5, 0.6) is 0 Å². The molecule has 3 N–H and O–H groups in total. The first kappa shape index (κ1) is 11.0. The van der Waals surface area contributed by atoms with Crippen LogP contribution in [0.3, 0.4) is 0 Å². The summed E-state index contributed by atoms with van der Waals surface area (Å²) in [6.45, 7) is 0.956. The number of hydrogen-bond acceptors (Lipinski definition) is 2. The second-order valence-electron chi connectivity index (χ2n) is 2.91. The Morgan fingerprint density at radius 3 is 2.79 bits per heavy atom. The number of carbonyl (C=O) groups excluding carboxylic acids is 1. The lowest BCUT2D eigenvalue weighted by Gasteiger charge is -2.04. The fourth-order valence-corrected chi connectivity index (χ4v) is 1.29. The molecule has 0 aromatic heterocycles. The molecule has 0 saturated heterocycles. The number of rotatable bonds is 4. The third kappa shape index (κ3) is 3.36. The van der Waals surface area contributed by atoms with Gasteiger partial charge in [0.05, 0.1) is 6.42 Å². The molecular weight excluding hydrogens is 200 g/mol. The predicted octanol–water partition coefficient (Wildman–Crippen LogP) is 0.957. The molecule has 1 aromatic carbocycles. The molecule has 0 radical (unpaired) electrons. The Kier molecular flexibility index (Phi) is 4.43. The molecule has 0 saturated carbocycles. The van der Waals surface area contributed by atoms with Crippen molar-refractivity contribution < 1.29 is 4.79 Å². The number of carbonyl (C=O) groups is 1. The number of benzene rings is 1. The van der Waals surface area contributed by atoms with Crippen molar-refractivity contribution >= 4 is 17.5 Å². The van der Waals surface area contributed by atoms with E-state index in [0.717, 1.165) is 5.56 Å². The Bertz CT molecular complexity index is 315. The largest absolute Gasteiger partial charge is 0.355 e. The topological polar surface area (TPSA) is 55.1 Å². The highest BCUT2D eigenvalue weighted by Gasteiger charge is 2.04. The van der Waals surface area contributed by atoms with E-state index in [4.69, 9.17) is 17.3 Å². The van der Waals surface area contributed by atoms with Crippen molar-refractivity contribution in [3.63, 3.8) is 0 Å². The van der Waals surface area contributed by atoms with Crippen LogP contribution in [0.1, 0.15) is 5.56 Å². The monoisotopic (exact) mass is 212 g/mol. The van der Waals surface area contributed by atoms with E-state index in [-0.39, 0.29) is 5.91 Å². The van der Waals surface area contributed by atoms with E-state index in [1.807, 2.05) is 18.2 Å². The van der Waals surface area contributed by atoms with E-state index in [0.29, 0.717) is 24.5 Å². The quantitative estimate of drug-likeness (QED) is 0.781. The molecule has 4 heteroatoms. The molecule has 0 heterocycles. The molecule has 3 nitrogen and oxygen atoms in total. The van der Waals surface area contributed by atoms with Crippen molar-refractivity contribution in [3.8, 4) is 0 Å². The van der Waals surface area contributed by atoms with E-state index in [9.17, 15) is 4.79 Å². The maximum absolute atomic E-state index is 11.3. The molecule has 0 spiro atoms. The SMILES string of the molecule is NCCNC(=O)Cc1ccccc1Cl. The Morgan fingerprint density at radius 1 is 1.43 bits per heavy atom. The van der Waals surface area contributed by atoms with Crippen LogP contribution in [-0.2, 0) is 11.2 Å².